The molecule has 0 fully saturated rings. The van der Waals surface area contributed by atoms with E-state index >= 15 is 0 Å². The third-order valence-corrected chi connectivity index (χ3v) is 1.22. The molecule has 0 bridgehead atoms. The van der Waals surface area contributed by atoms with Gasteiger partial charge in [0.2, 0.25) is 0 Å². The van der Waals surface area contributed by atoms with Crippen LogP contribution in [0.4, 0.5) is 13.2 Å². The fourth-order valence-corrected chi connectivity index (χ4v) is 0.643. The van der Waals surface area contributed by atoms with Gasteiger partial charge in [0.1, 0.15) is 5.97 Å². The van der Waals surface area contributed by atoms with Crippen molar-refractivity contribution < 1.29 is 32.6 Å². The fourth-order valence-electron chi connectivity index (χ4n) is 0.643. The molecule has 0 saturated carbocycles. The van der Waals surface area contributed by atoms with Crippen LogP contribution in [0.15, 0.2) is 0 Å². The summed E-state index contributed by atoms with van der Waals surface area (Å²) in [4.78, 5) is 14.0. The highest BCUT2D eigenvalue weighted by molar-refractivity contribution is 5.70. The van der Waals surface area contributed by atoms with Crippen molar-refractivity contribution in [3.63, 3.8) is 0 Å². The van der Waals surface area contributed by atoms with E-state index in [4.69, 9.17) is 14.7 Å². The van der Waals surface area contributed by atoms with Crippen LogP contribution in [0.3, 0.4) is 0 Å². The Kier molecular flexibility index (Phi) is 9.63. The van der Waals surface area contributed by atoms with E-state index in [1.165, 1.54) is 0 Å². The standard InChI is InChI=1S/C7H16NO.C2HF3O2/c1-4-7-8(5-2)9-6-3;3-2(4,5)1(6)7/h7H,4-6H2,1-3H3;(H,6,7)/q+1;/p-1. The number of carbonyl (C=O) groups is 1. The topological polar surface area (TPSA) is 52.4 Å². The summed E-state index contributed by atoms with van der Waals surface area (Å²) in [6.45, 7) is 7.85. The minimum Gasteiger partial charge on any atom is -0.542 e. The Morgan fingerprint density at radius 1 is 1.38 bits per heavy atom. The summed E-state index contributed by atoms with van der Waals surface area (Å²) in [5.74, 6) is -3.01. The van der Waals surface area contributed by atoms with E-state index in [2.05, 4.69) is 13.8 Å². The van der Waals surface area contributed by atoms with Gasteiger partial charge in [0.25, 0.3) is 0 Å². The monoisotopic (exact) mass is 243 g/mol. The van der Waals surface area contributed by atoms with Crippen LogP contribution in [0.2, 0.25) is 0 Å². The molecule has 16 heavy (non-hydrogen) atoms. The molecule has 0 amide bonds. The fraction of sp³-hybridized carbons (Fsp3) is 0.778. The van der Waals surface area contributed by atoms with Crippen molar-refractivity contribution in [1.82, 2.24) is 0 Å². The highest BCUT2D eigenvalue weighted by Gasteiger charge is 2.28. The molecule has 0 aromatic carbocycles. The largest absolute Gasteiger partial charge is 0.542 e. The lowest BCUT2D eigenvalue weighted by Gasteiger charge is -2.03. The lowest BCUT2D eigenvalue weighted by atomic mass is 10.5. The Hall–Kier alpha value is -1.27. The molecule has 0 N–H and O–H groups in total. The molecule has 0 rings (SSSR count). The van der Waals surface area contributed by atoms with Crippen LogP contribution in [0.1, 0.15) is 27.2 Å². The van der Waals surface area contributed by atoms with Crippen molar-refractivity contribution in [2.75, 3.05) is 13.2 Å². The quantitative estimate of drug-likeness (QED) is 0.416. The van der Waals surface area contributed by atoms with Crippen LogP contribution in [0.25, 0.3) is 0 Å². The van der Waals surface area contributed by atoms with E-state index in [0.29, 0.717) is 0 Å². The van der Waals surface area contributed by atoms with E-state index in [0.717, 1.165) is 19.6 Å². The van der Waals surface area contributed by atoms with Crippen LogP contribution < -0.4 is 5.11 Å². The molecule has 96 valence electrons. The molecule has 0 unspecified atom stereocenters. The third kappa shape index (κ3) is 10.8. The lowest BCUT2D eigenvalue weighted by molar-refractivity contribution is -0.782. The molecular formula is C9H16F3NO3. The van der Waals surface area contributed by atoms with Crippen molar-refractivity contribution in [2.24, 2.45) is 0 Å². The van der Waals surface area contributed by atoms with Gasteiger partial charge in [-0.15, -0.1) is 0 Å². The summed E-state index contributed by atoms with van der Waals surface area (Å²) in [7, 11) is 0. The van der Waals surface area contributed by atoms with Crippen LogP contribution in [0, 0.1) is 0 Å². The molecule has 0 aromatic heterocycles. The first-order chi connectivity index (χ1) is 7.29. The number of alkyl halides is 3. The number of carbonyl (C=O) groups excluding carboxylic acids is 1. The second-order valence-corrected chi connectivity index (χ2v) is 2.53. The van der Waals surface area contributed by atoms with Gasteiger partial charge in [-0.3, -0.25) is 4.84 Å². The average molecular weight is 243 g/mol. The number of carboxylic acids is 1. The molecule has 0 aliphatic carbocycles. The smallest absolute Gasteiger partial charge is 0.430 e. The Morgan fingerprint density at radius 3 is 2.00 bits per heavy atom. The van der Waals surface area contributed by atoms with Crippen molar-refractivity contribution in [1.29, 1.82) is 0 Å². The van der Waals surface area contributed by atoms with E-state index in [9.17, 15) is 13.2 Å². The van der Waals surface area contributed by atoms with Gasteiger partial charge in [-0.1, -0.05) is 6.92 Å². The van der Waals surface area contributed by atoms with Crippen molar-refractivity contribution in [2.45, 2.75) is 33.4 Å². The number of rotatable bonds is 4. The van der Waals surface area contributed by atoms with Gasteiger partial charge in [0.05, 0.1) is 0 Å². The summed E-state index contributed by atoms with van der Waals surface area (Å²) in [6, 6.07) is 0. The predicted octanol–water partition coefficient (Wildman–Crippen LogP) is 0.750. The first-order valence-electron chi connectivity index (χ1n) is 4.80. The lowest BCUT2D eigenvalue weighted by Crippen LogP contribution is -2.37. The predicted molar refractivity (Wildman–Crippen MR) is 49.8 cm³/mol. The molecule has 0 radical (unpaired) electrons. The number of hydroxylamine groups is 1. The zero-order valence-electron chi connectivity index (χ0n) is 9.50. The molecule has 0 saturated heterocycles. The zero-order chi connectivity index (χ0) is 13.2. The normalized spacial score (nSPS) is 11.5. The highest BCUT2D eigenvalue weighted by atomic mass is 19.4. The Balaban J connectivity index is 0. The zero-order valence-corrected chi connectivity index (χ0v) is 9.50. The van der Waals surface area contributed by atoms with Gasteiger partial charge in [0, 0.05) is 6.42 Å². The molecular weight excluding hydrogens is 227 g/mol. The maximum Gasteiger partial charge on any atom is 0.430 e. The van der Waals surface area contributed by atoms with Gasteiger partial charge < -0.3 is 9.90 Å². The second kappa shape index (κ2) is 8.99. The SMILES string of the molecule is CCC=[N+](CC)OCC.O=C([O-])C(F)(F)F. The molecule has 7 heteroatoms. The number of aliphatic carboxylic acids is 1. The molecule has 0 aliphatic rings. The van der Waals surface area contributed by atoms with Crippen LogP contribution in [0.5, 0.6) is 0 Å². The molecule has 4 nitrogen and oxygen atoms in total. The molecule has 0 aliphatic heterocycles. The summed E-state index contributed by atoms with van der Waals surface area (Å²) >= 11 is 0. The number of carboxylic acid groups (broad SMARTS) is 1. The minimum absolute atomic E-state index is 0.754. The molecule has 0 heterocycles. The van der Waals surface area contributed by atoms with Crippen LogP contribution >= 0.6 is 0 Å². The first-order valence-corrected chi connectivity index (χ1v) is 4.80. The molecule has 0 aromatic rings. The Bertz CT molecular complexity index is 227. The van der Waals surface area contributed by atoms with Gasteiger partial charge >= 0.3 is 6.18 Å². The van der Waals surface area contributed by atoms with E-state index in [1.807, 2.05) is 17.9 Å². The summed E-state index contributed by atoms with van der Waals surface area (Å²) in [5.41, 5.74) is 0. The Labute approximate surface area is 92.3 Å². The van der Waals surface area contributed by atoms with Crippen molar-refractivity contribution >= 4 is 12.2 Å². The first kappa shape index (κ1) is 17.1. The van der Waals surface area contributed by atoms with Gasteiger partial charge in [-0.25, -0.2) is 0 Å². The average Bonchev–Trinajstić information content (AvgIpc) is 2.17. The van der Waals surface area contributed by atoms with Crippen molar-refractivity contribution in [3.8, 4) is 0 Å². The molecule has 0 spiro atoms. The minimum atomic E-state index is -5.19. The third-order valence-electron chi connectivity index (χ3n) is 1.22. The van der Waals surface area contributed by atoms with Crippen LogP contribution in [-0.4, -0.2) is 36.3 Å². The van der Waals surface area contributed by atoms with Gasteiger partial charge in [-0.05, 0) is 18.6 Å². The maximum atomic E-state index is 10.5. The van der Waals surface area contributed by atoms with Gasteiger partial charge in [-0.2, -0.15) is 13.2 Å². The second-order valence-electron chi connectivity index (χ2n) is 2.53. The maximum absolute atomic E-state index is 10.5. The van der Waals surface area contributed by atoms with E-state index in [-0.39, 0.29) is 0 Å². The summed E-state index contributed by atoms with van der Waals surface area (Å²) in [5, 5.41) is 8.78. The van der Waals surface area contributed by atoms with E-state index in [1.54, 1.807) is 0 Å². The number of hydrogen-bond donors (Lipinski definition) is 0. The summed E-state index contributed by atoms with van der Waals surface area (Å²) < 4.78 is 33.4. The van der Waals surface area contributed by atoms with Crippen molar-refractivity contribution in [3.05, 3.63) is 0 Å². The Morgan fingerprint density at radius 2 is 1.81 bits per heavy atom. The van der Waals surface area contributed by atoms with E-state index < -0.39 is 12.1 Å². The summed E-state index contributed by atoms with van der Waals surface area (Å²) in [6.07, 6.45) is -2.11. The number of halogens is 3. The van der Waals surface area contributed by atoms with Gasteiger partial charge in [0.15, 0.2) is 19.4 Å². The highest BCUT2D eigenvalue weighted by Crippen LogP contribution is 2.11. The molecule has 0 atom stereocenters. The number of hydrogen-bond acceptors (Lipinski definition) is 3. The number of nitrogens with zero attached hydrogens (tertiary/aromatic N) is 1. The van der Waals surface area contributed by atoms with Crippen LogP contribution in [-0.2, 0) is 9.63 Å².